The van der Waals surface area contributed by atoms with E-state index in [1.807, 2.05) is 0 Å². The number of hydrogen-bond acceptors (Lipinski definition) is 18. The Morgan fingerprint density at radius 2 is 0.860 bits per heavy atom. The first kappa shape index (κ1) is 63.6. The van der Waals surface area contributed by atoms with Crippen molar-refractivity contribution in [3.05, 3.63) is 47.5 Å². The molecule has 0 aliphatic carbocycles. The van der Waals surface area contributed by atoms with E-state index in [2.05, 4.69) is 19.8 Å². The van der Waals surface area contributed by atoms with Crippen LogP contribution in [0.1, 0.15) is 38.8 Å². The molecule has 18 nitrogen and oxygen atoms in total. The third-order valence-electron chi connectivity index (χ3n) is 6.20. The summed E-state index contributed by atoms with van der Waals surface area (Å²) in [5.41, 5.74) is 1.20. The molecule has 0 N–H and O–H groups in total. The first-order chi connectivity index (χ1) is 25.5. The van der Waals surface area contributed by atoms with E-state index in [4.69, 9.17) is 58.6 Å². The summed E-state index contributed by atoms with van der Waals surface area (Å²) in [6.07, 6.45) is 3.28. The Balaban J connectivity index is -0.000000222. The zero-order valence-electron chi connectivity index (χ0n) is 33.7. The third-order valence-corrected chi connectivity index (χ3v) is 6.20. The van der Waals surface area contributed by atoms with Crippen molar-refractivity contribution in [2.45, 2.75) is 27.7 Å². The fourth-order valence-corrected chi connectivity index (χ4v) is 3.87. The third kappa shape index (κ3) is 42.9. The summed E-state index contributed by atoms with van der Waals surface area (Å²) in [5.74, 6) is -3.30. The maximum atomic E-state index is 11.7. The Morgan fingerprint density at radius 3 is 1.09 bits per heavy atom. The molecular formula is C36H50Cd3N4O14. The molecule has 2 fully saturated rings. The van der Waals surface area contributed by atoms with Gasteiger partial charge >= 0.3 is 81.9 Å². The van der Waals surface area contributed by atoms with Gasteiger partial charge in [0.1, 0.15) is 11.5 Å². The first-order valence-corrected chi connectivity index (χ1v) is 16.5. The minimum Gasteiger partial charge on any atom is -0.872 e. The quantitative estimate of drug-likeness (QED) is 0.162. The summed E-state index contributed by atoms with van der Waals surface area (Å²) in [4.78, 5) is 48.8. The largest absolute Gasteiger partial charge is 2.00 e. The fourth-order valence-electron chi connectivity index (χ4n) is 3.87. The minimum atomic E-state index is -1.08. The van der Waals surface area contributed by atoms with Gasteiger partial charge in [-0.25, -0.2) is 0 Å². The van der Waals surface area contributed by atoms with Gasteiger partial charge in [-0.2, -0.15) is 0 Å². The second-order valence-electron chi connectivity index (χ2n) is 10.8. The van der Waals surface area contributed by atoms with Crippen molar-refractivity contribution >= 4 is 36.3 Å². The topological polar surface area (TPSA) is 275 Å². The van der Waals surface area contributed by atoms with Crippen LogP contribution in [0.3, 0.4) is 0 Å². The van der Waals surface area contributed by atoms with E-state index in [1.54, 1.807) is 50.9 Å². The molecule has 57 heavy (non-hydrogen) atoms. The van der Waals surface area contributed by atoms with Gasteiger partial charge in [-0.3, -0.25) is 19.8 Å². The van der Waals surface area contributed by atoms with Crippen LogP contribution in [0.4, 0.5) is 0 Å². The van der Waals surface area contributed by atoms with Gasteiger partial charge in [-0.1, -0.05) is 23.6 Å². The predicted molar refractivity (Wildman–Crippen MR) is 187 cm³/mol. The molecule has 2 aromatic carbocycles. The first-order valence-electron chi connectivity index (χ1n) is 16.5. The van der Waals surface area contributed by atoms with Gasteiger partial charge in [0.25, 0.3) is 0 Å². The molecule has 21 heteroatoms. The van der Waals surface area contributed by atoms with Gasteiger partial charge in [-0.15, -0.1) is 0 Å². The number of rotatable bonds is 10. The Morgan fingerprint density at radius 1 is 0.596 bits per heavy atom. The Hall–Kier alpha value is -2.53. The Kier molecular flexibility index (Phi) is 46.5. The number of nitrogens with zero attached hydrogens (tertiary/aromatic N) is 4. The molecule has 2 saturated heterocycles. The van der Waals surface area contributed by atoms with Crippen molar-refractivity contribution in [1.29, 1.82) is 0 Å². The molecule has 0 amide bonds. The summed E-state index contributed by atoms with van der Waals surface area (Å²) in [5, 5.41) is 58.9. The van der Waals surface area contributed by atoms with E-state index in [1.165, 1.54) is 12.1 Å². The van der Waals surface area contributed by atoms with E-state index < -0.39 is 23.9 Å². The van der Waals surface area contributed by atoms with E-state index in [0.717, 1.165) is 93.4 Å². The number of benzene rings is 2. The summed E-state index contributed by atoms with van der Waals surface area (Å²) in [7, 11) is 3.09. The SMILES string of the molecule is CC(=O)[O-].CC(=O)[O-].CC(=O)[O-].CC(=O)[O-].COc1ccc(C=NCCN2CCOCC2)c([O-])c1.COc1ccc(C=NCCN2CCOCC2)c([O-])c1.[Cd+2].[Cd+2].[Cd+2]. The van der Waals surface area contributed by atoms with Crippen LogP contribution in [0, 0.1) is 0 Å². The number of carboxylic acids is 4. The smallest absolute Gasteiger partial charge is 0.872 e. The summed E-state index contributed by atoms with van der Waals surface area (Å²) < 4.78 is 20.5. The minimum absolute atomic E-state index is 0. The number of hydrogen-bond donors (Lipinski definition) is 0. The van der Waals surface area contributed by atoms with Gasteiger partial charge in [0.15, 0.2) is 0 Å². The summed E-state index contributed by atoms with van der Waals surface area (Å²) in [6, 6.07) is 9.96. The molecule has 0 radical (unpaired) electrons. The number of carbonyl (C=O) groups excluding carboxylic acids is 4. The van der Waals surface area contributed by atoms with Gasteiger partial charge in [0, 0.05) is 75.6 Å². The number of carboxylic acid groups (broad SMARTS) is 4. The Bertz CT molecular complexity index is 1280. The second-order valence-corrected chi connectivity index (χ2v) is 10.8. The van der Waals surface area contributed by atoms with Gasteiger partial charge in [0.2, 0.25) is 0 Å². The number of ether oxygens (including phenoxy) is 4. The average Bonchev–Trinajstić information content (AvgIpc) is 3.10. The molecule has 0 unspecified atom stereocenters. The van der Waals surface area contributed by atoms with Crippen molar-refractivity contribution in [3.63, 3.8) is 0 Å². The maximum Gasteiger partial charge on any atom is 2.00 e. The van der Waals surface area contributed by atoms with Gasteiger partial charge in [0.05, 0.1) is 53.7 Å². The average molecular weight is 1100 g/mol. The van der Waals surface area contributed by atoms with Crippen molar-refractivity contribution in [2.75, 3.05) is 93.0 Å². The van der Waals surface area contributed by atoms with Crippen LogP contribution in [0.25, 0.3) is 0 Å². The van der Waals surface area contributed by atoms with Crippen LogP contribution in [0.5, 0.6) is 23.0 Å². The predicted octanol–water partition coefficient (Wildman–Crippen LogP) is -3.94. The van der Waals surface area contributed by atoms with Gasteiger partial charge < -0.3 is 68.8 Å². The van der Waals surface area contributed by atoms with E-state index >= 15 is 0 Å². The molecule has 0 atom stereocenters. The van der Waals surface area contributed by atoms with Crippen LogP contribution in [0.2, 0.25) is 0 Å². The molecule has 304 valence electrons. The van der Waals surface area contributed by atoms with Crippen LogP contribution in [-0.2, 0) is 111 Å². The van der Waals surface area contributed by atoms with Crippen LogP contribution in [-0.4, -0.2) is 139 Å². The van der Waals surface area contributed by atoms with Crippen LogP contribution < -0.4 is 40.1 Å². The maximum absolute atomic E-state index is 11.7. The fraction of sp³-hybridized carbons (Fsp3) is 0.500. The summed E-state index contributed by atoms with van der Waals surface area (Å²) in [6.45, 7) is 14.1. The van der Waals surface area contributed by atoms with Crippen LogP contribution >= 0.6 is 0 Å². The van der Waals surface area contributed by atoms with E-state index in [-0.39, 0.29) is 93.4 Å². The van der Waals surface area contributed by atoms with Crippen molar-refractivity contribution in [2.24, 2.45) is 9.98 Å². The molecule has 2 heterocycles. The number of aliphatic carboxylic acids is 4. The van der Waals surface area contributed by atoms with Gasteiger partial charge in [-0.05, 0) is 63.1 Å². The number of carbonyl (C=O) groups is 4. The van der Waals surface area contributed by atoms with E-state index in [9.17, 15) is 10.2 Å². The second kappa shape index (κ2) is 41.6. The molecule has 2 aliphatic rings. The normalized spacial score (nSPS) is 13.0. The molecule has 2 aliphatic heterocycles. The standard InChI is InChI=1S/2C14H20N2O3.4C2H4O2.3Cd/c2*1-18-13-3-2-12(14(17)10-13)11-15-4-5-16-6-8-19-9-7-16;4*1-2(3)4;;;/h2*2-3,10-11,17H,4-9H2,1H3;4*1H3,(H,3,4);;;/q;;;;;;3*+2/p-6. The zero-order chi connectivity index (χ0) is 41.3. The zero-order valence-corrected chi connectivity index (χ0v) is 45.8. The van der Waals surface area contributed by atoms with Crippen molar-refractivity contribution in [3.8, 4) is 23.0 Å². The number of aliphatic imine (C=N–C) groups is 2. The number of methoxy groups -OCH3 is 2. The van der Waals surface area contributed by atoms with Crippen molar-refractivity contribution < 1.29 is 151 Å². The molecular weight excluding hydrogens is 1050 g/mol. The molecule has 0 aromatic heterocycles. The van der Waals surface area contributed by atoms with Crippen molar-refractivity contribution in [1.82, 2.24) is 9.80 Å². The molecule has 4 rings (SSSR count). The molecule has 0 spiro atoms. The molecule has 0 bridgehead atoms. The Labute approximate surface area is 394 Å². The number of morpholine rings is 2. The monoisotopic (exact) mass is 1100 g/mol. The molecule has 0 saturated carbocycles. The molecule has 2 aromatic rings. The van der Waals surface area contributed by atoms with E-state index in [0.29, 0.717) is 35.7 Å². The summed E-state index contributed by atoms with van der Waals surface area (Å²) >= 11 is 0. The van der Waals surface area contributed by atoms with Crippen LogP contribution in [0.15, 0.2) is 46.4 Å².